The predicted octanol–water partition coefficient (Wildman–Crippen LogP) is 2.81. The summed E-state index contributed by atoms with van der Waals surface area (Å²) >= 11 is 0. The zero-order chi connectivity index (χ0) is 9.84. The predicted molar refractivity (Wildman–Crippen MR) is 55.7 cm³/mol. The lowest BCUT2D eigenvalue weighted by Gasteiger charge is -2.22. The van der Waals surface area contributed by atoms with Crippen LogP contribution in [0.4, 0.5) is 0 Å². The Hall–Kier alpha value is -0.820. The highest BCUT2D eigenvalue weighted by atomic mass is 16.3. The van der Waals surface area contributed by atoms with Crippen molar-refractivity contribution < 1.29 is 5.11 Å². The molecule has 1 rings (SSSR count). The van der Waals surface area contributed by atoms with Gasteiger partial charge >= 0.3 is 0 Å². The van der Waals surface area contributed by atoms with Crippen LogP contribution in [0, 0.1) is 5.92 Å². The molecule has 13 heavy (non-hydrogen) atoms. The molecule has 0 radical (unpaired) electrons. The molecule has 0 aliphatic rings. The van der Waals surface area contributed by atoms with E-state index < -0.39 is 0 Å². The topological polar surface area (TPSA) is 20.2 Å². The van der Waals surface area contributed by atoms with E-state index in [0.29, 0.717) is 5.92 Å². The van der Waals surface area contributed by atoms with Gasteiger partial charge in [0.05, 0.1) is 6.10 Å². The highest BCUT2D eigenvalue weighted by Gasteiger charge is 2.18. The molecule has 1 nitrogen and oxygen atoms in total. The van der Waals surface area contributed by atoms with Gasteiger partial charge in [0.2, 0.25) is 0 Å². The average Bonchev–Trinajstić information content (AvgIpc) is 2.17. The number of benzene rings is 1. The summed E-state index contributed by atoms with van der Waals surface area (Å²) in [4.78, 5) is 0. The molecule has 1 aromatic rings. The summed E-state index contributed by atoms with van der Waals surface area (Å²) in [6.07, 6.45) is -0.248. The van der Waals surface area contributed by atoms with E-state index in [1.165, 1.54) is 5.56 Å². The van der Waals surface area contributed by atoms with Gasteiger partial charge in [-0.05, 0) is 11.5 Å². The zero-order valence-corrected chi connectivity index (χ0v) is 8.57. The first-order valence-corrected chi connectivity index (χ1v) is 4.86. The minimum Gasteiger partial charge on any atom is -0.392 e. The van der Waals surface area contributed by atoms with Gasteiger partial charge in [-0.1, -0.05) is 51.1 Å². The van der Waals surface area contributed by atoms with Crippen molar-refractivity contribution in [1.29, 1.82) is 0 Å². The normalized spacial score (nSPS) is 15.8. The van der Waals surface area contributed by atoms with E-state index in [-0.39, 0.29) is 12.0 Å². The first-order chi connectivity index (χ1) is 6.13. The van der Waals surface area contributed by atoms with Crippen molar-refractivity contribution in [3.8, 4) is 0 Å². The molecule has 1 aromatic carbocycles. The fraction of sp³-hybridized carbons (Fsp3) is 0.500. The van der Waals surface area contributed by atoms with Crippen LogP contribution in [0.5, 0.6) is 0 Å². The summed E-state index contributed by atoms with van der Waals surface area (Å²) in [6, 6.07) is 10.2. The SMILES string of the molecule is CC(C)C(O)[C@@H](C)c1ccccc1. The molecular formula is C12H18O. The van der Waals surface area contributed by atoms with Crippen molar-refractivity contribution in [3.63, 3.8) is 0 Å². The first kappa shape index (κ1) is 10.3. The standard InChI is InChI=1S/C12H18O/c1-9(2)12(13)10(3)11-7-5-4-6-8-11/h4-10,12-13H,1-3H3/t10-,12?/m0/s1. The maximum absolute atomic E-state index is 9.85. The second-order valence-corrected chi connectivity index (χ2v) is 3.93. The van der Waals surface area contributed by atoms with Crippen LogP contribution >= 0.6 is 0 Å². The highest BCUT2D eigenvalue weighted by molar-refractivity contribution is 5.19. The van der Waals surface area contributed by atoms with Crippen molar-refractivity contribution in [1.82, 2.24) is 0 Å². The van der Waals surface area contributed by atoms with Crippen molar-refractivity contribution in [2.75, 3.05) is 0 Å². The minimum absolute atomic E-state index is 0.223. The van der Waals surface area contributed by atoms with Crippen LogP contribution in [-0.2, 0) is 0 Å². The van der Waals surface area contributed by atoms with E-state index in [1.807, 2.05) is 32.0 Å². The molecule has 2 atom stereocenters. The maximum Gasteiger partial charge on any atom is 0.0628 e. The second-order valence-electron chi connectivity index (χ2n) is 3.93. The summed E-state index contributed by atoms with van der Waals surface area (Å²) in [5.41, 5.74) is 1.21. The Labute approximate surface area is 80.4 Å². The van der Waals surface area contributed by atoms with Gasteiger partial charge in [0, 0.05) is 5.92 Å². The van der Waals surface area contributed by atoms with Gasteiger partial charge in [0.15, 0.2) is 0 Å². The molecule has 0 saturated heterocycles. The fourth-order valence-electron chi connectivity index (χ4n) is 1.53. The lowest BCUT2D eigenvalue weighted by molar-refractivity contribution is 0.102. The second kappa shape index (κ2) is 4.43. The quantitative estimate of drug-likeness (QED) is 0.754. The van der Waals surface area contributed by atoms with Gasteiger partial charge < -0.3 is 5.11 Å². The van der Waals surface area contributed by atoms with Crippen LogP contribution in [0.25, 0.3) is 0 Å². The molecule has 0 saturated carbocycles. The molecule has 0 aliphatic heterocycles. The van der Waals surface area contributed by atoms with Crippen molar-refractivity contribution >= 4 is 0 Å². The Balaban J connectivity index is 2.73. The number of rotatable bonds is 3. The summed E-state index contributed by atoms with van der Waals surface area (Å²) < 4.78 is 0. The third kappa shape index (κ3) is 2.56. The van der Waals surface area contributed by atoms with E-state index >= 15 is 0 Å². The summed E-state index contributed by atoms with van der Waals surface area (Å²) in [6.45, 7) is 6.16. The van der Waals surface area contributed by atoms with Crippen LogP contribution in [0.1, 0.15) is 32.3 Å². The van der Waals surface area contributed by atoms with Crippen molar-refractivity contribution in [3.05, 3.63) is 35.9 Å². The molecule has 0 aliphatic carbocycles. The monoisotopic (exact) mass is 178 g/mol. The zero-order valence-electron chi connectivity index (χ0n) is 8.57. The third-order valence-corrected chi connectivity index (χ3v) is 2.52. The lowest BCUT2D eigenvalue weighted by atomic mass is 9.89. The molecule has 0 heterocycles. The Morgan fingerprint density at radius 1 is 1.00 bits per heavy atom. The average molecular weight is 178 g/mol. The summed E-state index contributed by atoms with van der Waals surface area (Å²) in [7, 11) is 0. The van der Waals surface area contributed by atoms with Gasteiger partial charge in [0.25, 0.3) is 0 Å². The van der Waals surface area contributed by atoms with E-state index in [4.69, 9.17) is 0 Å². The Bertz CT molecular complexity index is 241. The summed E-state index contributed by atoms with van der Waals surface area (Å²) in [5.74, 6) is 0.538. The third-order valence-electron chi connectivity index (χ3n) is 2.52. The molecule has 1 unspecified atom stereocenters. The molecular weight excluding hydrogens is 160 g/mol. The molecule has 1 heteroatoms. The number of aliphatic hydroxyl groups excluding tert-OH is 1. The van der Waals surface area contributed by atoms with E-state index in [1.54, 1.807) is 0 Å². The maximum atomic E-state index is 9.85. The van der Waals surface area contributed by atoms with Gasteiger partial charge in [-0.3, -0.25) is 0 Å². The Morgan fingerprint density at radius 2 is 1.54 bits per heavy atom. The lowest BCUT2D eigenvalue weighted by Crippen LogP contribution is -2.21. The van der Waals surface area contributed by atoms with Crippen LogP contribution in [0.3, 0.4) is 0 Å². The number of hydrogen-bond donors (Lipinski definition) is 1. The molecule has 0 fully saturated rings. The molecule has 1 N–H and O–H groups in total. The first-order valence-electron chi connectivity index (χ1n) is 4.86. The Morgan fingerprint density at radius 3 is 2.00 bits per heavy atom. The number of aliphatic hydroxyl groups is 1. The van der Waals surface area contributed by atoms with Crippen LogP contribution in [0.2, 0.25) is 0 Å². The van der Waals surface area contributed by atoms with E-state index in [2.05, 4.69) is 19.1 Å². The number of hydrogen-bond acceptors (Lipinski definition) is 1. The van der Waals surface area contributed by atoms with Gasteiger partial charge in [-0.2, -0.15) is 0 Å². The van der Waals surface area contributed by atoms with Crippen LogP contribution in [0.15, 0.2) is 30.3 Å². The molecule has 0 bridgehead atoms. The smallest absolute Gasteiger partial charge is 0.0628 e. The molecule has 0 aromatic heterocycles. The van der Waals surface area contributed by atoms with Gasteiger partial charge in [0.1, 0.15) is 0 Å². The van der Waals surface area contributed by atoms with Crippen molar-refractivity contribution in [2.45, 2.75) is 32.8 Å². The molecule has 0 spiro atoms. The Kier molecular flexibility index (Phi) is 3.49. The minimum atomic E-state index is -0.248. The van der Waals surface area contributed by atoms with E-state index in [9.17, 15) is 5.11 Å². The van der Waals surface area contributed by atoms with Crippen LogP contribution < -0.4 is 0 Å². The van der Waals surface area contributed by atoms with Crippen molar-refractivity contribution in [2.24, 2.45) is 5.92 Å². The molecule has 72 valence electrons. The molecule has 0 amide bonds. The largest absolute Gasteiger partial charge is 0.392 e. The highest BCUT2D eigenvalue weighted by Crippen LogP contribution is 2.23. The van der Waals surface area contributed by atoms with E-state index in [0.717, 1.165) is 0 Å². The fourth-order valence-corrected chi connectivity index (χ4v) is 1.53. The van der Waals surface area contributed by atoms with Gasteiger partial charge in [-0.15, -0.1) is 0 Å². The summed E-state index contributed by atoms with van der Waals surface area (Å²) in [5, 5.41) is 9.85. The van der Waals surface area contributed by atoms with Gasteiger partial charge in [-0.25, -0.2) is 0 Å². The van der Waals surface area contributed by atoms with Crippen LogP contribution in [-0.4, -0.2) is 11.2 Å².